The molecule has 0 spiro atoms. The summed E-state index contributed by atoms with van der Waals surface area (Å²) in [4.78, 5) is 15.7. The molecule has 17 heavy (non-hydrogen) atoms. The molecular weight excluding hydrogens is 238 g/mol. The van der Waals surface area contributed by atoms with Gasteiger partial charge in [-0.15, -0.1) is 0 Å². The molecule has 1 heterocycles. The van der Waals surface area contributed by atoms with E-state index in [9.17, 15) is 4.79 Å². The Labute approximate surface area is 106 Å². The maximum Gasteiger partial charge on any atom is 0.253 e. The first kappa shape index (κ1) is 12.2. The molecule has 0 aromatic carbocycles. The predicted molar refractivity (Wildman–Crippen MR) is 68.0 cm³/mol. The summed E-state index contributed by atoms with van der Waals surface area (Å²) in [5, 5.41) is 3.19. The van der Waals surface area contributed by atoms with Gasteiger partial charge >= 0.3 is 0 Å². The number of carbonyl (C=O) groups excluding carboxylic acids is 1. The van der Waals surface area contributed by atoms with Gasteiger partial charge in [-0.05, 0) is 24.8 Å². The Morgan fingerprint density at radius 1 is 1.53 bits per heavy atom. The third-order valence-corrected chi connectivity index (χ3v) is 3.38. The van der Waals surface area contributed by atoms with Crippen LogP contribution < -0.4 is 11.1 Å². The minimum atomic E-state index is -0.168. The van der Waals surface area contributed by atoms with E-state index in [1.165, 1.54) is 37.9 Å². The van der Waals surface area contributed by atoms with Crippen molar-refractivity contribution in [1.29, 1.82) is 0 Å². The molecule has 5 heteroatoms. The third-order valence-electron chi connectivity index (χ3n) is 3.17. The molecule has 0 bridgehead atoms. The number of hydrogen-bond acceptors (Lipinski definition) is 3. The second kappa shape index (κ2) is 5.36. The van der Waals surface area contributed by atoms with Crippen molar-refractivity contribution in [2.24, 2.45) is 5.92 Å². The Hall–Kier alpha value is -1.29. The smallest absolute Gasteiger partial charge is 0.253 e. The van der Waals surface area contributed by atoms with Gasteiger partial charge in [0.2, 0.25) is 0 Å². The fraction of sp³-hybridized carbons (Fsp3) is 0.500. The highest BCUT2D eigenvalue weighted by Crippen LogP contribution is 2.24. The van der Waals surface area contributed by atoms with Crippen LogP contribution in [0.4, 0.5) is 5.69 Å². The van der Waals surface area contributed by atoms with Crippen LogP contribution in [-0.2, 0) is 0 Å². The SMILES string of the molecule is Nc1cnc(Cl)cc1C(=O)NCC1CCCC1. The van der Waals surface area contributed by atoms with Gasteiger partial charge < -0.3 is 11.1 Å². The van der Waals surface area contributed by atoms with E-state index in [4.69, 9.17) is 17.3 Å². The summed E-state index contributed by atoms with van der Waals surface area (Å²) in [6.45, 7) is 0.720. The standard InChI is InChI=1S/C12H16ClN3O/c13-11-5-9(10(14)7-15-11)12(17)16-6-8-3-1-2-4-8/h5,7-8H,1-4,6,14H2,(H,16,17). The number of nitrogen functional groups attached to an aromatic ring is 1. The minimum absolute atomic E-state index is 0.168. The van der Waals surface area contributed by atoms with Gasteiger partial charge in [0.1, 0.15) is 5.15 Å². The van der Waals surface area contributed by atoms with Crippen LogP contribution >= 0.6 is 11.6 Å². The van der Waals surface area contributed by atoms with Crippen molar-refractivity contribution in [3.8, 4) is 0 Å². The van der Waals surface area contributed by atoms with Crippen LogP contribution in [0.15, 0.2) is 12.3 Å². The zero-order valence-corrected chi connectivity index (χ0v) is 10.3. The minimum Gasteiger partial charge on any atom is -0.397 e. The molecule has 1 aliphatic rings. The lowest BCUT2D eigenvalue weighted by Crippen LogP contribution is -2.29. The summed E-state index contributed by atoms with van der Waals surface area (Å²) in [6.07, 6.45) is 6.35. The molecule has 3 N–H and O–H groups in total. The second-order valence-electron chi connectivity index (χ2n) is 4.45. The second-order valence-corrected chi connectivity index (χ2v) is 4.84. The average Bonchev–Trinajstić information content (AvgIpc) is 2.82. The Balaban J connectivity index is 1.96. The third kappa shape index (κ3) is 3.09. The van der Waals surface area contributed by atoms with Crippen LogP contribution in [0, 0.1) is 5.92 Å². The highest BCUT2D eigenvalue weighted by Gasteiger charge is 2.17. The number of nitrogens with zero attached hydrogens (tertiary/aromatic N) is 1. The first-order valence-electron chi connectivity index (χ1n) is 5.86. The number of nitrogens with one attached hydrogen (secondary N) is 1. The van der Waals surface area contributed by atoms with Gasteiger partial charge in [0.15, 0.2) is 0 Å². The number of pyridine rings is 1. The van der Waals surface area contributed by atoms with E-state index in [-0.39, 0.29) is 11.1 Å². The largest absolute Gasteiger partial charge is 0.397 e. The maximum atomic E-state index is 11.9. The summed E-state index contributed by atoms with van der Waals surface area (Å²) in [5.74, 6) is 0.441. The first-order chi connectivity index (χ1) is 8.16. The number of rotatable bonds is 3. The van der Waals surface area contributed by atoms with Crippen molar-refractivity contribution in [2.45, 2.75) is 25.7 Å². The van der Waals surface area contributed by atoms with E-state index >= 15 is 0 Å². The van der Waals surface area contributed by atoms with Gasteiger partial charge in [0, 0.05) is 6.54 Å². The molecular formula is C12H16ClN3O. The quantitative estimate of drug-likeness (QED) is 0.812. The molecule has 0 atom stereocenters. The van der Waals surface area contributed by atoms with Gasteiger partial charge in [-0.2, -0.15) is 0 Å². The number of halogens is 1. The zero-order chi connectivity index (χ0) is 12.3. The molecule has 1 aliphatic carbocycles. The molecule has 1 aromatic heterocycles. The molecule has 2 rings (SSSR count). The molecule has 92 valence electrons. The fourth-order valence-electron chi connectivity index (χ4n) is 2.18. The van der Waals surface area contributed by atoms with Crippen molar-refractivity contribution in [1.82, 2.24) is 10.3 Å². The zero-order valence-electron chi connectivity index (χ0n) is 9.58. The van der Waals surface area contributed by atoms with E-state index < -0.39 is 0 Å². The van der Waals surface area contributed by atoms with Crippen molar-refractivity contribution in [3.63, 3.8) is 0 Å². The predicted octanol–water partition coefficient (Wildman–Crippen LogP) is 2.24. The molecule has 0 unspecified atom stereocenters. The van der Waals surface area contributed by atoms with Crippen LogP contribution in [0.2, 0.25) is 5.15 Å². The number of anilines is 1. The van der Waals surface area contributed by atoms with E-state index in [0.717, 1.165) is 6.54 Å². The molecule has 1 saturated carbocycles. The topological polar surface area (TPSA) is 68.0 Å². The van der Waals surface area contributed by atoms with Crippen molar-refractivity contribution < 1.29 is 4.79 Å². The van der Waals surface area contributed by atoms with Crippen LogP contribution in [0.5, 0.6) is 0 Å². The summed E-state index contributed by atoms with van der Waals surface area (Å²) in [6, 6.07) is 1.50. The number of amides is 1. The fourth-order valence-corrected chi connectivity index (χ4v) is 2.34. The first-order valence-corrected chi connectivity index (χ1v) is 6.24. The lowest BCUT2D eigenvalue weighted by atomic mass is 10.1. The molecule has 1 fully saturated rings. The lowest BCUT2D eigenvalue weighted by molar-refractivity contribution is 0.0948. The van der Waals surface area contributed by atoms with Gasteiger partial charge in [-0.3, -0.25) is 4.79 Å². The number of hydrogen-bond donors (Lipinski definition) is 2. The van der Waals surface area contributed by atoms with Gasteiger partial charge in [0.05, 0.1) is 17.4 Å². The summed E-state index contributed by atoms with van der Waals surface area (Å²) >= 11 is 5.74. The van der Waals surface area contributed by atoms with E-state index in [0.29, 0.717) is 17.2 Å². The molecule has 0 aliphatic heterocycles. The summed E-state index contributed by atoms with van der Waals surface area (Å²) < 4.78 is 0. The normalized spacial score (nSPS) is 16.1. The van der Waals surface area contributed by atoms with Gasteiger partial charge in [0.25, 0.3) is 5.91 Å². The molecule has 0 radical (unpaired) electrons. The molecule has 0 saturated heterocycles. The van der Waals surface area contributed by atoms with Crippen molar-refractivity contribution in [3.05, 3.63) is 23.0 Å². The Morgan fingerprint density at radius 2 is 2.24 bits per heavy atom. The Morgan fingerprint density at radius 3 is 2.94 bits per heavy atom. The number of aromatic nitrogens is 1. The maximum absolute atomic E-state index is 11.9. The molecule has 1 aromatic rings. The highest BCUT2D eigenvalue weighted by molar-refractivity contribution is 6.29. The van der Waals surface area contributed by atoms with Crippen molar-refractivity contribution in [2.75, 3.05) is 12.3 Å². The van der Waals surface area contributed by atoms with E-state index in [1.807, 2.05) is 0 Å². The van der Waals surface area contributed by atoms with E-state index in [2.05, 4.69) is 10.3 Å². The number of carbonyl (C=O) groups is 1. The van der Waals surface area contributed by atoms with Crippen LogP contribution in [0.1, 0.15) is 36.0 Å². The van der Waals surface area contributed by atoms with Crippen LogP contribution in [0.25, 0.3) is 0 Å². The average molecular weight is 254 g/mol. The lowest BCUT2D eigenvalue weighted by Gasteiger charge is -2.11. The Kier molecular flexibility index (Phi) is 3.84. The Bertz CT molecular complexity index is 416. The monoisotopic (exact) mass is 253 g/mol. The van der Waals surface area contributed by atoms with Gasteiger partial charge in [-0.25, -0.2) is 4.98 Å². The van der Waals surface area contributed by atoms with Crippen LogP contribution in [0.3, 0.4) is 0 Å². The van der Waals surface area contributed by atoms with Gasteiger partial charge in [-0.1, -0.05) is 24.4 Å². The molecule has 4 nitrogen and oxygen atoms in total. The summed E-state index contributed by atoms with van der Waals surface area (Å²) in [7, 11) is 0. The highest BCUT2D eigenvalue weighted by atomic mass is 35.5. The number of nitrogens with two attached hydrogens (primary N) is 1. The van der Waals surface area contributed by atoms with Crippen molar-refractivity contribution >= 4 is 23.2 Å². The van der Waals surface area contributed by atoms with Crippen LogP contribution in [-0.4, -0.2) is 17.4 Å². The molecule has 1 amide bonds. The summed E-state index contributed by atoms with van der Waals surface area (Å²) in [5.41, 5.74) is 6.46. The van der Waals surface area contributed by atoms with E-state index in [1.54, 1.807) is 0 Å².